The number of allylic oxidation sites excluding steroid dienone is 3. The van der Waals surface area contributed by atoms with Crippen molar-refractivity contribution in [1.82, 2.24) is 0 Å². The smallest absolute Gasteiger partial charge is 0.119 e. The third-order valence-electron chi connectivity index (χ3n) is 5.59. The maximum absolute atomic E-state index is 12.3. The Hall–Kier alpha value is -1.92. The summed E-state index contributed by atoms with van der Waals surface area (Å²) in [7, 11) is 0. The largest absolute Gasteiger partial charge is 0.491 e. The lowest BCUT2D eigenvalue weighted by atomic mass is 9.60. The summed E-state index contributed by atoms with van der Waals surface area (Å²) >= 11 is 0. The molecule has 6 heteroatoms. The van der Waals surface area contributed by atoms with Crippen LogP contribution in [0.1, 0.15) is 32.8 Å². The lowest BCUT2D eigenvalue weighted by Gasteiger charge is -2.44. The van der Waals surface area contributed by atoms with E-state index >= 15 is 0 Å². The van der Waals surface area contributed by atoms with Gasteiger partial charge in [0.15, 0.2) is 0 Å². The number of ether oxygens (including phenoxy) is 2. The second-order valence-corrected chi connectivity index (χ2v) is 7.95. The molecule has 0 amide bonds. The fourth-order valence-electron chi connectivity index (χ4n) is 3.06. The monoisotopic (exact) mass is 396 g/mol. The molecule has 3 atom stereocenters. The van der Waals surface area contributed by atoms with Crippen molar-refractivity contribution >= 4 is 0 Å². The molecule has 0 spiro atoms. The molecule has 0 radical (unpaired) electrons. The molecular formula is C22H30F2O4. The second kappa shape index (κ2) is 9.52. The summed E-state index contributed by atoms with van der Waals surface area (Å²) in [6.07, 6.45) is 4.43. The molecule has 1 aromatic carbocycles. The van der Waals surface area contributed by atoms with Gasteiger partial charge in [0.2, 0.25) is 0 Å². The minimum atomic E-state index is -1.11. The van der Waals surface area contributed by atoms with Crippen LogP contribution in [0.15, 0.2) is 48.3 Å². The standard InChI is InChI=1S/C22H30F2O4/c1-21(2,16-4-6-19(7-5-16)27-14-17(25)12-23)22(3)10-8-20(9-11-22)28-15-18(26)13-24/h4-10,17-18,25-26H,11-15H2,1-3H3. The van der Waals surface area contributed by atoms with Gasteiger partial charge in [0, 0.05) is 0 Å². The molecule has 0 aliphatic heterocycles. The maximum atomic E-state index is 12.3. The summed E-state index contributed by atoms with van der Waals surface area (Å²) in [5.74, 6) is 1.22. The molecule has 156 valence electrons. The van der Waals surface area contributed by atoms with E-state index < -0.39 is 25.6 Å². The average Bonchev–Trinajstić information content (AvgIpc) is 2.71. The number of rotatable bonds is 10. The van der Waals surface area contributed by atoms with Crippen LogP contribution in [0, 0.1) is 5.41 Å². The van der Waals surface area contributed by atoms with Gasteiger partial charge >= 0.3 is 0 Å². The maximum Gasteiger partial charge on any atom is 0.119 e. The quantitative estimate of drug-likeness (QED) is 0.630. The minimum Gasteiger partial charge on any atom is -0.491 e. The molecule has 1 aromatic rings. The zero-order valence-electron chi connectivity index (χ0n) is 16.7. The Kier molecular flexibility index (Phi) is 7.61. The SMILES string of the molecule is CC1(C(C)(C)c2ccc(OCC(O)CF)cc2)C=CC(OCC(O)CF)=CC1. The minimum absolute atomic E-state index is 0.0641. The summed E-state index contributed by atoms with van der Waals surface area (Å²) < 4.78 is 35.5. The van der Waals surface area contributed by atoms with Gasteiger partial charge in [-0.2, -0.15) is 0 Å². The van der Waals surface area contributed by atoms with E-state index in [1.54, 1.807) is 0 Å². The highest BCUT2D eigenvalue weighted by Gasteiger charge is 2.40. The second-order valence-electron chi connectivity index (χ2n) is 7.95. The van der Waals surface area contributed by atoms with Gasteiger partial charge in [-0.05, 0) is 47.1 Å². The van der Waals surface area contributed by atoms with Gasteiger partial charge in [0.05, 0.1) is 0 Å². The lowest BCUT2D eigenvalue weighted by Crippen LogP contribution is -2.38. The van der Waals surface area contributed by atoms with Crippen LogP contribution in [0.4, 0.5) is 8.78 Å². The number of alkyl halides is 2. The van der Waals surface area contributed by atoms with Crippen molar-refractivity contribution in [3.63, 3.8) is 0 Å². The van der Waals surface area contributed by atoms with Gasteiger partial charge in [0.1, 0.15) is 50.3 Å². The molecule has 1 aliphatic carbocycles. The Morgan fingerprint density at radius 2 is 1.61 bits per heavy atom. The lowest BCUT2D eigenvalue weighted by molar-refractivity contribution is 0.0561. The third-order valence-corrected chi connectivity index (χ3v) is 5.59. The molecular weight excluding hydrogens is 366 g/mol. The van der Waals surface area contributed by atoms with Gasteiger partial charge in [-0.3, -0.25) is 0 Å². The molecule has 3 unspecified atom stereocenters. The molecule has 4 nitrogen and oxygen atoms in total. The van der Waals surface area contributed by atoms with E-state index in [0.29, 0.717) is 11.5 Å². The van der Waals surface area contributed by atoms with Crippen molar-refractivity contribution in [2.24, 2.45) is 5.41 Å². The molecule has 0 saturated heterocycles. The van der Waals surface area contributed by atoms with Gasteiger partial charge in [-0.1, -0.05) is 39.0 Å². The summed E-state index contributed by atoms with van der Waals surface area (Å²) in [5, 5.41) is 18.5. The molecule has 1 aliphatic rings. The highest BCUT2D eigenvalue weighted by atomic mass is 19.1. The molecule has 2 N–H and O–H groups in total. The van der Waals surface area contributed by atoms with Crippen LogP contribution in [0.25, 0.3) is 0 Å². The van der Waals surface area contributed by atoms with E-state index in [1.165, 1.54) is 0 Å². The van der Waals surface area contributed by atoms with E-state index in [1.807, 2.05) is 36.4 Å². The predicted molar refractivity (Wildman–Crippen MR) is 105 cm³/mol. The van der Waals surface area contributed by atoms with E-state index in [2.05, 4.69) is 26.8 Å². The number of aliphatic hydroxyl groups excluding tert-OH is 2. The zero-order valence-corrected chi connectivity index (χ0v) is 16.7. The van der Waals surface area contributed by atoms with Crippen molar-refractivity contribution in [3.8, 4) is 5.75 Å². The molecule has 0 saturated carbocycles. The first kappa shape index (κ1) is 22.4. The van der Waals surface area contributed by atoms with Crippen molar-refractivity contribution in [3.05, 3.63) is 53.8 Å². The number of hydrogen-bond acceptors (Lipinski definition) is 4. The first-order valence-electron chi connectivity index (χ1n) is 9.45. The summed E-state index contributed by atoms with van der Waals surface area (Å²) in [5.41, 5.74) is 0.732. The fourth-order valence-corrected chi connectivity index (χ4v) is 3.06. The Morgan fingerprint density at radius 1 is 1.04 bits per heavy atom. The molecule has 0 aromatic heterocycles. The van der Waals surface area contributed by atoms with Gasteiger partial charge in [-0.25, -0.2) is 8.78 Å². The van der Waals surface area contributed by atoms with Crippen LogP contribution in [0.5, 0.6) is 5.75 Å². The van der Waals surface area contributed by atoms with E-state index in [4.69, 9.17) is 9.47 Å². The summed E-state index contributed by atoms with van der Waals surface area (Å²) in [6, 6.07) is 7.59. The average molecular weight is 396 g/mol. The molecule has 2 rings (SSSR count). The van der Waals surface area contributed by atoms with Crippen molar-refractivity contribution in [2.45, 2.75) is 44.8 Å². The van der Waals surface area contributed by atoms with Crippen molar-refractivity contribution < 1.29 is 28.5 Å². The molecule has 0 bridgehead atoms. The van der Waals surface area contributed by atoms with Crippen LogP contribution in [0.3, 0.4) is 0 Å². The number of aliphatic hydroxyl groups is 2. The summed E-state index contributed by atoms with van der Waals surface area (Å²) in [4.78, 5) is 0. The van der Waals surface area contributed by atoms with Gasteiger partial charge in [0.25, 0.3) is 0 Å². The highest BCUT2D eigenvalue weighted by molar-refractivity contribution is 5.37. The third kappa shape index (κ3) is 5.32. The Morgan fingerprint density at radius 3 is 2.11 bits per heavy atom. The van der Waals surface area contributed by atoms with Crippen LogP contribution < -0.4 is 4.74 Å². The highest BCUT2D eigenvalue weighted by Crippen LogP contribution is 2.47. The van der Waals surface area contributed by atoms with Crippen molar-refractivity contribution in [1.29, 1.82) is 0 Å². The van der Waals surface area contributed by atoms with Crippen LogP contribution >= 0.6 is 0 Å². The first-order valence-corrected chi connectivity index (χ1v) is 9.45. The Balaban J connectivity index is 2.03. The van der Waals surface area contributed by atoms with E-state index in [-0.39, 0.29) is 24.0 Å². The number of hydrogen-bond donors (Lipinski definition) is 2. The molecule has 28 heavy (non-hydrogen) atoms. The normalized spacial score (nSPS) is 21.8. The zero-order chi connectivity index (χ0) is 20.8. The number of benzene rings is 1. The van der Waals surface area contributed by atoms with E-state index in [0.717, 1.165) is 12.0 Å². The van der Waals surface area contributed by atoms with Crippen LogP contribution in [-0.2, 0) is 10.2 Å². The van der Waals surface area contributed by atoms with Crippen LogP contribution in [0.2, 0.25) is 0 Å². The Bertz CT molecular complexity index is 684. The molecule has 0 fully saturated rings. The van der Waals surface area contributed by atoms with Crippen molar-refractivity contribution in [2.75, 3.05) is 26.6 Å². The van der Waals surface area contributed by atoms with E-state index in [9.17, 15) is 19.0 Å². The summed E-state index contributed by atoms with van der Waals surface area (Å²) in [6.45, 7) is 4.68. The number of halogens is 2. The first-order chi connectivity index (χ1) is 13.2. The topological polar surface area (TPSA) is 58.9 Å². The molecule has 0 heterocycles. The fraction of sp³-hybridized carbons (Fsp3) is 0.545. The Labute approximate surface area is 165 Å². The predicted octanol–water partition coefficient (Wildman–Crippen LogP) is 3.87. The van der Waals surface area contributed by atoms with Crippen LogP contribution in [-0.4, -0.2) is 49.0 Å². The van der Waals surface area contributed by atoms with Gasteiger partial charge < -0.3 is 19.7 Å². The van der Waals surface area contributed by atoms with Gasteiger partial charge in [-0.15, -0.1) is 0 Å².